The summed E-state index contributed by atoms with van der Waals surface area (Å²) < 4.78 is 97.3. The van der Waals surface area contributed by atoms with E-state index in [2.05, 4.69) is 11.1 Å². The normalized spacial score (nSPS) is 14.5. The van der Waals surface area contributed by atoms with Crippen molar-refractivity contribution in [3.05, 3.63) is 77.7 Å². The van der Waals surface area contributed by atoms with Crippen LogP contribution in [-0.2, 0) is 31.8 Å². The molecule has 12 heteroatoms. The average Bonchev–Trinajstić information content (AvgIpc) is 2.71. The molecule has 1 aromatic heterocycles. The van der Waals surface area contributed by atoms with Crippen LogP contribution in [0.3, 0.4) is 0 Å². The number of carbonyl (C=O) groups excluding carboxylic acids is 1. The van der Waals surface area contributed by atoms with E-state index in [1.165, 1.54) is 12.1 Å². The summed E-state index contributed by atoms with van der Waals surface area (Å²) in [7, 11) is 0. The van der Waals surface area contributed by atoms with E-state index in [1.54, 1.807) is 30.5 Å². The van der Waals surface area contributed by atoms with Crippen LogP contribution >= 0.6 is 0 Å². The van der Waals surface area contributed by atoms with Gasteiger partial charge in [-0.05, 0) is 22.5 Å². The van der Waals surface area contributed by atoms with Gasteiger partial charge in [-0.2, -0.15) is 26.3 Å². The number of rotatable bonds is 1. The van der Waals surface area contributed by atoms with Gasteiger partial charge in [0.2, 0.25) is 5.76 Å². The molecule has 4 rings (SSSR count). The van der Waals surface area contributed by atoms with Crippen molar-refractivity contribution in [3.8, 4) is 11.3 Å². The summed E-state index contributed by atoms with van der Waals surface area (Å²) in [6, 6.07) is 14.3. The smallest absolute Gasteiger partial charge is 0.454 e. The number of alkyl halides is 8. The molecule has 0 fully saturated rings. The van der Waals surface area contributed by atoms with Gasteiger partial charge in [0.05, 0.1) is 0 Å². The Bertz CT molecular complexity index is 1210. The molecule has 3 nitrogen and oxygen atoms in total. The van der Waals surface area contributed by atoms with Crippen LogP contribution in [0, 0.1) is 6.07 Å². The third-order valence-electron chi connectivity index (χ3n) is 4.40. The maximum atomic E-state index is 14.6. The first-order valence-corrected chi connectivity index (χ1v) is 8.61. The van der Waals surface area contributed by atoms with Crippen LogP contribution in [0.4, 0.5) is 35.1 Å². The Morgan fingerprint density at radius 2 is 1.61 bits per heavy atom. The van der Waals surface area contributed by atoms with Gasteiger partial charge in [0.25, 0.3) is 11.7 Å². The maximum absolute atomic E-state index is 14.6. The van der Waals surface area contributed by atoms with E-state index in [0.29, 0.717) is 16.6 Å². The standard InChI is InChI=1S/C16H8F2N.C5H2F6O2.Pt/c17-16(18)12-6-2-1-5-11(12)15-14-10(8-9-19-15)4-3-7-13(14)16;6-4(7,8)2(12)1-3(13)5(9,10)11;/h1-4,6-9H;1,12H;/q-1;;/b;2-1-;. The number of aliphatic hydroxyl groups is 1. The minimum atomic E-state index is -5.42. The molecule has 33 heavy (non-hydrogen) atoms. The number of pyridine rings is 1. The predicted molar refractivity (Wildman–Crippen MR) is 96.8 cm³/mol. The van der Waals surface area contributed by atoms with Gasteiger partial charge in [0.15, 0.2) is 0 Å². The van der Waals surface area contributed by atoms with Crippen LogP contribution < -0.4 is 0 Å². The molecule has 0 radical (unpaired) electrons. The number of hydrogen-bond donors (Lipinski definition) is 1. The molecule has 1 aliphatic carbocycles. The van der Waals surface area contributed by atoms with Crippen LogP contribution in [0.5, 0.6) is 0 Å². The monoisotopic (exact) mass is 655 g/mol. The first kappa shape index (κ1) is 26.4. The fourth-order valence-corrected chi connectivity index (χ4v) is 3.01. The second-order valence-electron chi connectivity index (χ2n) is 6.49. The molecular weight excluding hydrogens is 645 g/mol. The fraction of sp³-hybridized carbons (Fsp3) is 0.143. The molecule has 0 bridgehead atoms. The summed E-state index contributed by atoms with van der Waals surface area (Å²) in [6.45, 7) is 0. The number of carbonyl (C=O) groups is 1. The number of fused-ring (bicyclic) bond motifs is 2. The summed E-state index contributed by atoms with van der Waals surface area (Å²) in [4.78, 5) is 14.1. The molecular formula is C21H10F8NO2Pt-. The van der Waals surface area contributed by atoms with Gasteiger partial charge < -0.3 is 10.1 Å². The Hall–Kier alpha value is -2.81. The van der Waals surface area contributed by atoms with Crippen LogP contribution in [0.1, 0.15) is 11.1 Å². The van der Waals surface area contributed by atoms with E-state index in [0.717, 1.165) is 5.39 Å². The number of allylic oxidation sites excluding steroid dienone is 2. The summed E-state index contributed by atoms with van der Waals surface area (Å²) in [5.41, 5.74) is 1.00. The van der Waals surface area contributed by atoms with Crippen molar-refractivity contribution in [2.75, 3.05) is 0 Å². The Morgan fingerprint density at radius 1 is 0.970 bits per heavy atom. The Labute approximate surface area is 195 Å². The van der Waals surface area contributed by atoms with Crippen molar-refractivity contribution in [2.45, 2.75) is 18.3 Å². The molecule has 0 atom stereocenters. The van der Waals surface area contributed by atoms with E-state index in [1.807, 2.05) is 6.07 Å². The van der Waals surface area contributed by atoms with E-state index >= 15 is 0 Å². The van der Waals surface area contributed by atoms with Crippen LogP contribution in [-0.4, -0.2) is 28.2 Å². The van der Waals surface area contributed by atoms with E-state index < -0.39 is 35.9 Å². The van der Waals surface area contributed by atoms with Crippen molar-refractivity contribution in [1.82, 2.24) is 4.98 Å². The van der Waals surface area contributed by atoms with Crippen molar-refractivity contribution >= 4 is 16.6 Å². The van der Waals surface area contributed by atoms with E-state index in [9.17, 15) is 39.9 Å². The number of halogens is 8. The predicted octanol–water partition coefficient (Wildman–Crippen LogP) is 6.27. The third-order valence-corrected chi connectivity index (χ3v) is 4.40. The zero-order valence-electron chi connectivity index (χ0n) is 15.8. The molecule has 1 heterocycles. The molecule has 3 aromatic rings. The molecule has 0 spiro atoms. The van der Waals surface area contributed by atoms with Crippen molar-refractivity contribution in [2.24, 2.45) is 0 Å². The number of nitrogens with zero attached hydrogens (tertiary/aromatic N) is 1. The topological polar surface area (TPSA) is 50.2 Å². The fourth-order valence-electron chi connectivity index (χ4n) is 3.01. The third kappa shape index (κ3) is 5.24. The van der Waals surface area contributed by atoms with Gasteiger partial charge in [-0.15, -0.1) is 29.8 Å². The molecule has 178 valence electrons. The van der Waals surface area contributed by atoms with Gasteiger partial charge >= 0.3 is 12.4 Å². The van der Waals surface area contributed by atoms with Crippen molar-refractivity contribution < 1.29 is 66.1 Å². The maximum Gasteiger partial charge on any atom is 0.454 e. The van der Waals surface area contributed by atoms with Crippen LogP contribution in [0.25, 0.3) is 22.0 Å². The molecule has 1 N–H and O–H groups in total. The largest absolute Gasteiger partial charge is 0.504 e. The number of aromatic nitrogens is 1. The summed E-state index contributed by atoms with van der Waals surface area (Å²) in [6.07, 6.45) is -10.0. The Kier molecular flexibility index (Phi) is 7.38. The van der Waals surface area contributed by atoms with Crippen molar-refractivity contribution in [1.29, 1.82) is 0 Å². The Morgan fingerprint density at radius 3 is 2.21 bits per heavy atom. The number of ketones is 1. The molecule has 0 saturated heterocycles. The van der Waals surface area contributed by atoms with E-state index in [-0.39, 0.29) is 32.2 Å². The molecule has 0 saturated carbocycles. The molecule has 2 aromatic carbocycles. The van der Waals surface area contributed by atoms with Gasteiger partial charge in [0.1, 0.15) is 0 Å². The van der Waals surface area contributed by atoms with Gasteiger partial charge in [-0.1, -0.05) is 23.8 Å². The molecule has 1 aliphatic rings. The quantitative estimate of drug-likeness (QED) is 0.146. The zero-order chi connectivity index (χ0) is 23.9. The summed E-state index contributed by atoms with van der Waals surface area (Å²) in [5, 5.41) is 9.25. The second kappa shape index (κ2) is 9.21. The Balaban J connectivity index is 0.000000246. The molecule has 0 unspecified atom stereocenters. The SMILES string of the molecule is FC1(F)c2ccc[c-]c2-c2nccc3cccc1c23.O=C(/C=C(\O)C(F)(F)F)C(F)(F)F.[Pt]. The number of aliphatic hydroxyl groups excluding tert-OH is 1. The second-order valence-corrected chi connectivity index (χ2v) is 6.49. The van der Waals surface area contributed by atoms with Gasteiger partial charge in [-0.3, -0.25) is 4.79 Å². The zero-order valence-corrected chi connectivity index (χ0v) is 18.1. The first-order valence-electron chi connectivity index (χ1n) is 8.61. The average molecular weight is 655 g/mol. The van der Waals surface area contributed by atoms with Crippen LogP contribution in [0.15, 0.2) is 60.5 Å². The molecule has 0 aliphatic heterocycles. The van der Waals surface area contributed by atoms with E-state index in [4.69, 9.17) is 5.11 Å². The number of benzene rings is 2. The minimum absolute atomic E-state index is 0. The molecule has 0 amide bonds. The van der Waals surface area contributed by atoms with Crippen LogP contribution in [0.2, 0.25) is 0 Å². The van der Waals surface area contributed by atoms with Crippen molar-refractivity contribution in [3.63, 3.8) is 0 Å². The summed E-state index contributed by atoms with van der Waals surface area (Å²) in [5.74, 6) is -8.33. The van der Waals surface area contributed by atoms with Gasteiger partial charge in [0, 0.05) is 38.9 Å². The minimum Gasteiger partial charge on any atom is -0.504 e. The number of hydrogen-bond acceptors (Lipinski definition) is 3. The first-order chi connectivity index (χ1) is 14.7. The summed E-state index contributed by atoms with van der Waals surface area (Å²) >= 11 is 0. The van der Waals surface area contributed by atoms with Gasteiger partial charge in [-0.25, -0.2) is 8.78 Å².